The van der Waals surface area contributed by atoms with Crippen molar-refractivity contribution in [3.63, 3.8) is 0 Å². The Morgan fingerprint density at radius 1 is 1.14 bits per heavy atom. The third kappa shape index (κ3) is 5.98. The first-order chi connectivity index (χ1) is 2.21. The molecule has 0 amide bonds. The van der Waals surface area contributed by atoms with E-state index >= 15 is 0 Å². The van der Waals surface area contributed by atoms with Crippen LogP contribution in [-0.2, 0) is 9.78 Å². The molecule has 0 unspecified atom stereocenters. The van der Waals surface area contributed by atoms with Crippen LogP contribution in [-0.4, -0.2) is 83.7 Å². The standard InChI is InChI=1S/CH2O4.Ca.Na.3H/c2-1(3)4-5-1;;;;;/h2-3H;;;;;. The van der Waals surface area contributed by atoms with E-state index in [-0.39, 0.29) is 67.3 Å². The first kappa shape index (κ1) is 11.8. The van der Waals surface area contributed by atoms with Gasteiger partial charge in [0.1, 0.15) is 0 Å². The molecule has 0 aromatic carbocycles. The minimum absolute atomic E-state index is 0. The molecule has 0 radical (unpaired) electrons. The summed E-state index contributed by atoms with van der Waals surface area (Å²) in [7, 11) is 0. The summed E-state index contributed by atoms with van der Waals surface area (Å²) in [5, 5.41) is 15.5. The molecule has 1 saturated heterocycles. The third-order valence-electron chi connectivity index (χ3n) is 0.232. The molecular weight excluding hydrogens is 139 g/mol. The molecule has 0 aliphatic carbocycles. The molecular formula is CH5CaNaO4. The van der Waals surface area contributed by atoms with Crippen molar-refractivity contribution in [1.82, 2.24) is 0 Å². The molecule has 0 aromatic heterocycles. The summed E-state index contributed by atoms with van der Waals surface area (Å²) in [5.41, 5.74) is 0. The van der Waals surface area contributed by atoms with Gasteiger partial charge in [0.25, 0.3) is 0 Å². The maximum absolute atomic E-state index is 7.74. The predicted octanol–water partition coefficient (Wildman–Crippen LogP) is -3.02. The number of hydrogen-bond acceptors (Lipinski definition) is 4. The van der Waals surface area contributed by atoms with Crippen LogP contribution >= 0.6 is 0 Å². The van der Waals surface area contributed by atoms with Gasteiger partial charge in [0.05, 0.1) is 0 Å². The van der Waals surface area contributed by atoms with E-state index in [1.54, 1.807) is 0 Å². The van der Waals surface area contributed by atoms with Crippen LogP contribution < -0.4 is 0 Å². The minimum atomic E-state index is -2.25. The van der Waals surface area contributed by atoms with Gasteiger partial charge in [-0.1, -0.05) is 0 Å². The van der Waals surface area contributed by atoms with Crippen molar-refractivity contribution in [2.45, 2.75) is 6.16 Å². The van der Waals surface area contributed by atoms with E-state index in [1.807, 2.05) is 0 Å². The zero-order valence-corrected chi connectivity index (χ0v) is 2.21. The van der Waals surface area contributed by atoms with E-state index in [4.69, 9.17) is 10.2 Å². The van der Waals surface area contributed by atoms with Crippen LogP contribution in [0.5, 0.6) is 0 Å². The first-order valence-electron chi connectivity index (χ1n) is 1.02. The first-order valence-corrected chi connectivity index (χ1v) is 1.02. The Hall–Kier alpha value is 2.10. The molecule has 0 atom stereocenters. The van der Waals surface area contributed by atoms with Crippen LogP contribution in [0.3, 0.4) is 0 Å². The van der Waals surface area contributed by atoms with Crippen LogP contribution in [0.4, 0.5) is 0 Å². The second kappa shape index (κ2) is 4.00. The van der Waals surface area contributed by atoms with Crippen molar-refractivity contribution >= 4 is 67.3 Å². The average Bonchev–Trinajstić information content (AvgIpc) is 1.76. The monoisotopic (exact) mass is 144 g/mol. The summed E-state index contributed by atoms with van der Waals surface area (Å²) in [5.74, 6) is 0. The van der Waals surface area contributed by atoms with Crippen LogP contribution in [0.1, 0.15) is 0 Å². The molecule has 1 fully saturated rings. The Morgan fingerprint density at radius 3 is 1.29 bits per heavy atom. The van der Waals surface area contributed by atoms with Gasteiger partial charge in [-0.15, -0.1) is 9.78 Å². The molecule has 4 nitrogen and oxygen atoms in total. The van der Waals surface area contributed by atoms with Gasteiger partial charge in [-0.2, -0.15) is 0 Å². The molecule has 36 valence electrons. The quantitative estimate of drug-likeness (QED) is 0.164. The molecule has 0 aromatic rings. The predicted molar refractivity (Wildman–Crippen MR) is 25.0 cm³/mol. The van der Waals surface area contributed by atoms with E-state index in [0.29, 0.717) is 0 Å². The molecule has 0 bridgehead atoms. The Morgan fingerprint density at radius 2 is 1.29 bits per heavy atom. The topological polar surface area (TPSA) is 65.5 Å². The molecule has 1 aliphatic rings. The van der Waals surface area contributed by atoms with Crippen LogP contribution in [0, 0.1) is 0 Å². The van der Waals surface area contributed by atoms with Gasteiger partial charge in [-0.25, -0.2) is 0 Å². The zero-order chi connectivity index (χ0) is 3.91. The van der Waals surface area contributed by atoms with Crippen molar-refractivity contribution in [2.75, 3.05) is 0 Å². The van der Waals surface area contributed by atoms with Crippen LogP contribution in [0.2, 0.25) is 0 Å². The molecule has 1 heterocycles. The number of rotatable bonds is 0. The Kier molecular flexibility index (Phi) is 6.77. The fourth-order valence-corrected chi connectivity index (χ4v) is 0.0373. The zero-order valence-electron chi connectivity index (χ0n) is 2.21. The summed E-state index contributed by atoms with van der Waals surface area (Å²) >= 11 is 0. The van der Waals surface area contributed by atoms with Gasteiger partial charge >= 0.3 is 73.5 Å². The Bertz CT molecular complexity index is 49.7. The summed E-state index contributed by atoms with van der Waals surface area (Å²) < 4.78 is 0. The van der Waals surface area contributed by atoms with E-state index in [2.05, 4.69) is 9.78 Å². The molecule has 1 rings (SSSR count). The fourth-order valence-electron chi connectivity index (χ4n) is 0.0373. The maximum atomic E-state index is 7.74. The van der Waals surface area contributed by atoms with Crippen molar-refractivity contribution in [2.24, 2.45) is 0 Å². The molecule has 6 heteroatoms. The number of hydrogen-bond donors (Lipinski definition) is 2. The molecule has 0 spiro atoms. The van der Waals surface area contributed by atoms with E-state index in [1.165, 1.54) is 0 Å². The summed E-state index contributed by atoms with van der Waals surface area (Å²) in [4.78, 5) is 7.01. The summed E-state index contributed by atoms with van der Waals surface area (Å²) in [6.07, 6.45) is -2.25. The van der Waals surface area contributed by atoms with Gasteiger partial charge in [0.2, 0.25) is 0 Å². The van der Waals surface area contributed by atoms with Crippen molar-refractivity contribution < 1.29 is 20.0 Å². The van der Waals surface area contributed by atoms with Crippen LogP contribution in [0.25, 0.3) is 0 Å². The van der Waals surface area contributed by atoms with Gasteiger partial charge in [0.15, 0.2) is 0 Å². The normalized spacial score (nSPS) is 21.4. The second-order valence-electron chi connectivity index (χ2n) is 0.715. The van der Waals surface area contributed by atoms with Gasteiger partial charge in [0, 0.05) is 0 Å². The molecule has 0 saturated carbocycles. The van der Waals surface area contributed by atoms with Gasteiger partial charge in [-0.05, 0) is 0 Å². The fraction of sp³-hybridized carbons (Fsp3) is 1.00. The van der Waals surface area contributed by atoms with Crippen molar-refractivity contribution in [1.29, 1.82) is 0 Å². The molecule has 2 N–H and O–H groups in total. The molecule has 7 heavy (non-hydrogen) atoms. The SMILES string of the molecule is OC1(O)OO1.[CaH2].[NaH]. The van der Waals surface area contributed by atoms with E-state index < -0.39 is 6.16 Å². The van der Waals surface area contributed by atoms with Crippen molar-refractivity contribution in [3.05, 3.63) is 0 Å². The van der Waals surface area contributed by atoms with Gasteiger partial charge in [-0.3, -0.25) is 0 Å². The second-order valence-corrected chi connectivity index (χ2v) is 0.715. The van der Waals surface area contributed by atoms with E-state index in [0.717, 1.165) is 0 Å². The average molecular weight is 144 g/mol. The number of aliphatic hydroxyl groups is 2. The molecule has 1 aliphatic heterocycles. The summed E-state index contributed by atoms with van der Waals surface area (Å²) in [6.45, 7) is 0. The van der Waals surface area contributed by atoms with E-state index in [9.17, 15) is 0 Å². The third-order valence-corrected chi connectivity index (χ3v) is 0.232. The van der Waals surface area contributed by atoms with Crippen LogP contribution in [0.15, 0.2) is 0 Å². The Labute approximate surface area is 92.0 Å². The summed E-state index contributed by atoms with van der Waals surface area (Å²) in [6, 6.07) is 0. The van der Waals surface area contributed by atoms with Crippen molar-refractivity contribution in [3.8, 4) is 0 Å². The Balaban J connectivity index is 0. The van der Waals surface area contributed by atoms with Gasteiger partial charge < -0.3 is 10.2 Å².